The van der Waals surface area contributed by atoms with Crippen LogP contribution in [-0.4, -0.2) is 55.3 Å². The molecule has 1 fully saturated rings. The van der Waals surface area contributed by atoms with E-state index in [1.807, 2.05) is 18.2 Å². The summed E-state index contributed by atoms with van der Waals surface area (Å²) in [5, 5.41) is 2.89. The van der Waals surface area contributed by atoms with E-state index in [0.29, 0.717) is 18.4 Å². The van der Waals surface area contributed by atoms with E-state index in [1.54, 1.807) is 20.4 Å². The van der Waals surface area contributed by atoms with Crippen molar-refractivity contribution in [1.29, 1.82) is 0 Å². The van der Waals surface area contributed by atoms with E-state index in [4.69, 9.17) is 15.2 Å². The summed E-state index contributed by atoms with van der Waals surface area (Å²) in [5.41, 5.74) is 8.81. The molecule has 1 aliphatic rings. The standard InChI is InChI=1S/C18H25N5O2/c1-20-18-21-9-15(17(19)22-18)12-4-5-16(24-3)13(8-12)11-25-14-6-7-23(2)10-14/h4-5,8-9,14H,6-7,10-11H2,1-3H3,(H3,19,20,21,22). The van der Waals surface area contributed by atoms with E-state index >= 15 is 0 Å². The molecule has 7 heteroatoms. The van der Waals surface area contributed by atoms with Crippen molar-refractivity contribution in [2.75, 3.05) is 45.3 Å². The number of aromatic nitrogens is 2. The van der Waals surface area contributed by atoms with Crippen LogP contribution in [0, 0.1) is 0 Å². The molecule has 0 saturated carbocycles. The first-order chi connectivity index (χ1) is 12.1. The van der Waals surface area contributed by atoms with Crippen LogP contribution in [0.15, 0.2) is 24.4 Å². The summed E-state index contributed by atoms with van der Waals surface area (Å²) in [4.78, 5) is 10.8. The van der Waals surface area contributed by atoms with Crippen molar-refractivity contribution in [3.05, 3.63) is 30.0 Å². The summed E-state index contributed by atoms with van der Waals surface area (Å²) in [6, 6.07) is 5.92. The lowest BCUT2D eigenvalue weighted by Crippen LogP contribution is -2.19. The minimum absolute atomic E-state index is 0.265. The van der Waals surface area contributed by atoms with Gasteiger partial charge in [-0.25, -0.2) is 4.98 Å². The third-order valence-electron chi connectivity index (χ3n) is 4.46. The van der Waals surface area contributed by atoms with E-state index in [0.717, 1.165) is 42.0 Å². The van der Waals surface area contributed by atoms with E-state index in [2.05, 4.69) is 27.2 Å². The Bertz CT molecular complexity index is 737. The molecule has 1 aromatic carbocycles. The molecule has 7 nitrogen and oxygen atoms in total. The van der Waals surface area contributed by atoms with Gasteiger partial charge in [0.25, 0.3) is 0 Å². The minimum Gasteiger partial charge on any atom is -0.496 e. The number of rotatable bonds is 6. The first-order valence-electron chi connectivity index (χ1n) is 8.38. The monoisotopic (exact) mass is 343 g/mol. The average molecular weight is 343 g/mol. The first kappa shape index (κ1) is 17.4. The molecule has 3 rings (SSSR count). The van der Waals surface area contributed by atoms with Crippen LogP contribution in [0.25, 0.3) is 11.1 Å². The van der Waals surface area contributed by atoms with Crippen molar-refractivity contribution in [2.24, 2.45) is 0 Å². The highest BCUT2D eigenvalue weighted by molar-refractivity contribution is 5.74. The molecule has 0 bridgehead atoms. The van der Waals surface area contributed by atoms with Gasteiger partial charge in [0.2, 0.25) is 5.95 Å². The Morgan fingerprint density at radius 2 is 2.24 bits per heavy atom. The molecule has 0 radical (unpaired) electrons. The van der Waals surface area contributed by atoms with Crippen molar-refractivity contribution in [3.63, 3.8) is 0 Å². The molecular weight excluding hydrogens is 318 g/mol. The highest BCUT2D eigenvalue weighted by Gasteiger charge is 2.20. The summed E-state index contributed by atoms with van der Waals surface area (Å²) in [7, 11) is 5.54. The molecule has 0 spiro atoms. The van der Waals surface area contributed by atoms with Crippen LogP contribution in [-0.2, 0) is 11.3 Å². The van der Waals surface area contributed by atoms with Gasteiger partial charge in [-0.05, 0) is 31.2 Å². The number of nitrogen functional groups attached to an aromatic ring is 1. The molecule has 3 N–H and O–H groups in total. The number of anilines is 2. The van der Waals surface area contributed by atoms with E-state index < -0.39 is 0 Å². The Hall–Kier alpha value is -2.38. The van der Waals surface area contributed by atoms with Gasteiger partial charge in [0.15, 0.2) is 0 Å². The molecule has 2 aromatic rings. The smallest absolute Gasteiger partial charge is 0.224 e. The Morgan fingerprint density at radius 1 is 1.40 bits per heavy atom. The normalized spacial score (nSPS) is 17.6. The Morgan fingerprint density at radius 3 is 2.88 bits per heavy atom. The Labute approximate surface area is 148 Å². The number of likely N-dealkylation sites (N-methyl/N-ethyl adjacent to an activating group) is 1. The summed E-state index contributed by atoms with van der Waals surface area (Å²) >= 11 is 0. The first-order valence-corrected chi connectivity index (χ1v) is 8.38. The average Bonchev–Trinajstić information content (AvgIpc) is 3.05. The van der Waals surface area contributed by atoms with Crippen LogP contribution >= 0.6 is 0 Å². The number of likely N-dealkylation sites (tertiary alicyclic amines) is 1. The molecule has 0 aliphatic carbocycles. The molecular formula is C18H25N5O2. The third kappa shape index (κ3) is 4.00. The van der Waals surface area contributed by atoms with Crippen molar-refractivity contribution in [2.45, 2.75) is 19.1 Å². The highest BCUT2D eigenvalue weighted by Crippen LogP contribution is 2.30. The minimum atomic E-state index is 0.265. The zero-order chi connectivity index (χ0) is 17.8. The number of hydrogen-bond acceptors (Lipinski definition) is 7. The van der Waals surface area contributed by atoms with Gasteiger partial charge in [-0.15, -0.1) is 0 Å². The van der Waals surface area contributed by atoms with E-state index in [-0.39, 0.29) is 6.10 Å². The van der Waals surface area contributed by atoms with Gasteiger partial charge < -0.3 is 25.4 Å². The second kappa shape index (κ2) is 7.67. The molecule has 1 saturated heterocycles. The maximum atomic E-state index is 6.08. The van der Waals surface area contributed by atoms with Crippen LogP contribution < -0.4 is 15.8 Å². The van der Waals surface area contributed by atoms with Crippen molar-refractivity contribution in [3.8, 4) is 16.9 Å². The predicted molar refractivity (Wildman–Crippen MR) is 98.7 cm³/mol. The van der Waals surface area contributed by atoms with Crippen LogP contribution in [0.1, 0.15) is 12.0 Å². The lowest BCUT2D eigenvalue weighted by atomic mass is 10.0. The Kier molecular flexibility index (Phi) is 5.35. The van der Waals surface area contributed by atoms with Crippen LogP contribution in [0.3, 0.4) is 0 Å². The SMILES string of the molecule is CNc1ncc(-c2ccc(OC)c(COC3CCN(C)C3)c2)c(N)n1. The lowest BCUT2D eigenvalue weighted by molar-refractivity contribution is 0.0473. The summed E-state index contributed by atoms with van der Waals surface area (Å²) in [6.07, 6.45) is 3.05. The van der Waals surface area contributed by atoms with Gasteiger partial charge in [0.05, 0.1) is 19.8 Å². The molecule has 1 atom stereocenters. The molecule has 1 aliphatic heterocycles. The van der Waals surface area contributed by atoms with Gasteiger partial charge in [-0.3, -0.25) is 0 Å². The van der Waals surface area contributed by atoms with Crippen LogP contribution in [0.5, 0.6) is 5.75 Å². The second-order valence-corrected chi connectivity index (χ2v) is 6.25. The number of hydrogen-bond donors (Lipinski definition) is 2. The summed E-state index contributed by atoms with van der Waals surface area (Å²) in [6.45, 7) is 2.55. The molecule has 0 amide bonds. The van der Waals surface area contributed by atoms with Gasteiger partial charge in [-0.1, -0.05) is 6.07 Å². The maximum Gasteiger partial charge on any atom is 0.224 e. The third-order valence-corrected chi connectivity index (χ3v) is 4.46. The second-order valence-electron chi connectivity index (χ2n) is 6.25. The Balaban J connectivity index is 1.82. The van der Waals surface area contributed by atoms with Crippen LogP contribution in [0.4, 0.5) is 11.8 Å². The molecule has 25 heavy (non-hydrogen) atoms. The largest absolute Gasteiger partial charge is 0.496 e. The van der Waals surface area contributed by atoms with Gasteiger partial charge >= 0.3 is 0 Å². The topological polar surface area (TPSA) is 85.5 Å². The number of nitrogens with zero attached hydrogens (tertiary/aromatic N) is 3. The van der Waals surface area contributed by atoms with Crippen LogP contribution in [0.2, 0.25) is 0 Å². The fourth-order valence-electron chi connectivity index (χ4n) is 3.04. The lowest BCUT2D eigenvalue weighted by Gasteiger charge is -2.15. The van der Waals surface area contributed by atoms with Gasteiger partial charge in [0.1, 0.15) is 11.6 Å². The maximum absolute atomic E-state index is 6.08. The molecule has 1 unspecified atom stereocenters. The number of benzene rings is 1. The molecule has 1 aromatic heterocycles. The van der Waals surface area contributed by atoms with Crippen molar-refractivity contribution >= 4 is 11.8 Å². The number of nitrogens with one attached hydrogen (secondary N) is 1. The number of nitrogens with two attached hydrogens (primary N) is 1. The van der Waals surface area contributed by atoms with Crippen molar-refractivity contribution < 1.29 is 9.47 Å². The zero-order valence-corrected chi connectivity index (χ0v) is 15.0. The fraction of sp³-hybridized carbons (Fsp3) is 0.444. The predicted octanol–water partition coefficient (Wildman–Crippen LogP) is 2.00. The highest BCUT2D eigenvalue weighted by atomic mass is 16.5. The quantitative estimate of drug-likeness (QED) is 0.829. The van der Waals surface area contributed by atoms with E-state index in [1.165, 1.54) is 0 Å². The number of ether oxygens (including phenoxy) is 2. The van der Waals surface area contributed by atoms with Gasteiger partial charge in [-0.2, -0.15) is 4.98 Å². The van der Waals surface area contributed by atoms with Gasteiger partial charge in [0, 0.05) is 37.5 Å². The number of methoxy groups -OCH3 is 1. The van der Waals surface area contributed by atoms with Crippen molar-refractivity contribution in [1.82, 2.24) is 14.9 Å². The summed E-state index contributed by atoms with van der Waals surface area (Å²) in [5.74, 6) is 1.75. The molecule has 2 heterocycles. The van der Waals surface area contributed by atoms with E-state index in [9.17, 15) is 0 Å². The molecule has 134 valence electrons. The zero-order valence-electron chi connectivity index (χ0n) is 15.0. The fourth-order valence-corrected chi connectivity index (χ4v) is 3.04. The summed E-state index contributed by atoms with van der Waals surface area (Å²) < 4.78 is 11.5.